The molecule has 1 heterocycles. The molecule has 0 aliphatic heterocycles. The molecular formula is C15H26N4OS. The average molecular weight is 310 g/mol. The number of carbonyl (C=O) groups is 1. The third-order valence-electron chi connectivity index (χ3n) is 4.32. The van der Waals surface area contributed by atoms with E-state index in [1.807, 2.05) is 18.9 Å². The van der Waals surface area contributed by atoms with Gasteiger partial charge in [0.25, 0.3) is 5.91 Å². The van der Waals surface area contributed by atoms with E-state index >= 15 is 0 Å². The second-order valence-electron chi connectivity index (χ2n) is 6.64. The lowest BCUT2D eigenvalue weighted by Gasteiger charge is -2.34. The van der Waals surface area contributed by atoms with Crippen LogP contribution in [0.5, 0.6) is 0 Å². The van der Waals surface area contributed by atoms with Gasteiger partial charge in [-0.25, -0.2) is 4.98 Å². The normalized spacial score (nSPS) is 18.5. The minimum atomic E-state index is -0.0783. The van der Waals surface area contributed by atoms with Crippen LogP contribution < -0.4 is 16.0 Å². The molecule has 1 saturated carbocycles. The minimum Gasteiger partial charge on any atom is -0.382 e. The molecule has 0 aromatic carbocycles. The molecule has 1 aromatic rings. The summed E-state index contributed by atoms with van der Waals surface area (Å²) in [4.78, 5) is 19.2. The summed E-state index contributed by atoms with van der Waals surface area (Å²) in [5, 5.41) is 3.91. The third-order valence-corrected chi connectivity index (χ3v) is 5.51. The molecule has 1 amide bonds. The molecule has 118 valence electrons. The highest BCUT2D eigenvalue weighted by molar-refractivity contribution is 7.18. The summed E-state index contributed by atoms with van der Waals surface area (Å²) in [6, 6.07) is 0.263. The Labute approximate surface area is 130 Å². The topological polar surface area (TPSA) is 71.2 Å². The second kappa shape index (κ2) is 6.22. The number of nitrogens with one attached hydrogen (secondary N) is 1. The van der Waals surface area contributed by atoms with Gasteiger partial charge < -0.3 is 16.0 Å². The maximum atomic E-state index is 12.4. The van der Waals surface area contributed by atoms with Crippen LogP contribution in [0, 0.1) is 5.41 Å². The van der Waals surface area contributed by atoms with Crippen molar-refractivity contribution in [3.8, 4) is 0 Å². The van der Waals surface area contributed by atoms with Gasteiger partial charge in [0, 0.05) is 19.6 Å². The maximum Gasteiger partial charge on any atom is 0.265 e. The largest absolute Gasteiger partial charge is 0.382 e. The highest BCUT2D eigenvalue weighted by Crippen LogP contribution is 2.35. The van der Waals surface area contributed by atoms with Crippen molar-refractivity contribution in [2.45, 2.75) is 52.5 Å². The number of rotatable bonds is 4. The van der Waals surface area contributed by atoms with E-state index in [2.05, 4.69) is 24.1 Å². The molecule has 3 N–H and O–H groups in total. The summed E-state index contributed by atoms with van der Waals surface area (Å²) in [7, 11) is 1.95. The van der Waals surface area contributed by atoms with Gasteiger partial charge in [0.1, 0.15) is 10.7 Å². The smallest absolute Gasteiger partial charge is 0.265 e. The minimum absolute atomic E-state index is 0.0783. The van der Waals surface area contributed by atoms with E-state index in [9.17, 15) is 4.79 Å². The van der Waals surface area contributed by atoms with E-state index in [-0.39, 0.29) is 11.9 Å². The summed E-state index contributed by atoms with van der Waals surface area (Å²) in [6.07, 6.45) is 4.39. The first-order chi connectivity index (χ1) is 9.82. The molecule has 6 heteroatoms. The van der Waals surface area contributed by atoms with Crippen molar-refractivity contribution >= 4 is 28.2 Å². The molecule has 0 bridgehead atoms. The van der Waals surface area contributed by atoms with E-state index in [1.54, 1.807) is 0 Å². The van der Waals surface area contributed by atoms with Crippen LogP contribution in [0.1, 0.15) is 56.1 Å². The van der Waals surface area contributed by atoms with Gasteiger partial charge >= 0.3 is 0 Å². The molecule has 0 radical (unpaired) electrons. The standard InChI is InChI=1S/C15H26N4OS/c1-5-19(4)14-18-12(16)11(21-14)13(20)17-10-6-8-15(2,3)9-7-10/h10H,5-9,16H2,1-4H3,(H,17,20). The van der Waals surface area contributed by atoms with E-state index in [0.717, 1.165) is 37.4 Å². The number of nitrogens with zero attached hydrogens (tertiary/aromatic N) is 2. The molecular weight excluding hydrogens is 284 g/mol. The molecule has 1 fully saturated rings. The van der Waals surface area contributed by atoms with E-state index in [0.29, 0.717) is 16.1 Å². The Hall–Kier alpha value is -1.30. The van der Waals surface area contributed by atoms with E-state index in [1.165, 1.54) is 11.3 Å². The van der Waals surface area contributed by atoms with Crippen molar-refractivity contribution in [1.29, 1.82) is 0 Å². The molecule has 0 unspecified atom stereocenters. The first-order valence-corrected chi connectivity index (χ1v) is 8.42. The van der Waals surface area contributed by atoms with Crippen molar-refractivity contribution in [1.82, 2.24) is 10.3 Å². The van der Waals surface area contributed by atoms with Crippen LogP contribution in [0.3, 0.4) is 0 Å². The molecule has 0 spiro atoms. The Morgan fingerprint density at radius 2 is 2.10 bits per heavy atom. The zero-order chi connectivity index (χ0) is 15.6. The zero-order valence-electron chi connectivity index (χ0n) is 13.4. The van der Waals surface area contributed by atoms with Gasteiger partial charge in [0.15, 0.2) is 5.13 Å². The second-order valence-corrected chi connectivity index (χ2v) is 7.61. The number of hydrogen-bond acceptors (Lipinski definition) is 5. The number of nitrogens with two attached hydrogens (primary N) is 1. The Balaban J connectivity index is 1.99. The fraction of sp³-hybridized carbons (Fsp3) is 0.733. The van der Waals surface area contributed by atoms with Crippen LogP contribution >= 0.6 is 11.3 Å². The molecule has 1 aromatic heterocycles. The Bertz CT molecular complexity index is 502. The first kappa shape index (κ1) is 16.1. The molecule has 5 nitrogen and oxygen atoms in total. The van der Waals surface area contributed by atoms with Crippen LogP contribution in [0.25, 0.3) is 0 Å². The number of aromatic nitrogens is 1. The monoisotopic (exact) mass is 310 g/mol. The van der Waals surface area contributed by atoms with Crippen LogP contribution in [0.2, 0.25) is 0 Å². The predicted octanol–water partition coefficient (Wildman–Crippen LogP) is 2.88. The predicted molar refractivity (Wildman–Crippen MR) is 89.0 cm³/mol. The lowest BCUT2D eigenvalue weighted by atomic mass is 9.75. The zero-order valence-corrected chi connectivity index (χ0v) is 14.2. The molecule has 1 aliphatic carbocycles. The molecule has 0 atom stereocenters. The Morgan fingerprint density at radius 3 is 2.67 bits per heavy atom. The van der Waals surface area contributed by atoms with Gasteiger partial charge in [-0.05, 0) is 38.0 Å². The number of thiazole rings is 1. The third kappa shape index (κ3) is 3.87. The van der Waals surface area contributed by atoms with Crippen molar-refractivity contribution in [3.05, 3.63) is 4.88 Å². The van der Waals surface area contributed by atoms with Crippen LogP contribution in [0.4, 0.5) is 10.9 Å². The SMILES string of the molecule is CCN(C)c1nc(N)c(C(=O)NC2CCC(C)(C)CC2)s1. The van der Waals surface area contributed by atoms with Crippen LogP contribution in [-0.2, 0) is 0 Å². The molecule has 2 rings (SSSR count). The number of amides is 1. The number of nitrogen functional groups attached to an aromatic ring is 1. The summed E-state index contributed by atoms with van der Waals surface area (Å²) in [6.45, 7) is 7.46. The first-order valence-electron chi connectivity index (χ1n) is 7.60. The fourth-order valence-electron chi connectivity index (χ4n) is 2.58. The van der Waals surface area contributed by atoms with Crippen LogP contribution in [-0.4, -0.2) is 30.5 Å². The lowest BCUT2D eigenvalue weighted by molar-refractivity contribution is 0.0914. The maximum absolute atomic E-state index is 12.4. The van der Waals surface area contributed by atoms with E-state index < -0.39 is 0 Å². The van der Waals surface area contributed by atoms with Gasteiger partial charge in [-0.2, -0.15) is 0 Å². The van der Waals surface area contributed by atoms with Crippen molar-refractivity contribution in [2.24, 2.45) is 5.41 Å². The van der Waals surface area contributed by atoms with Crippen molar-refractivity contribution in [2.75, 3.05) is 24.2 Å². The number of carbonyl (C=O) groups excluding carboxylic acids is 1. The Morgan fingerprint density at radius 1 is 1.48 bits per heavy atom. The number of anilines is 2. The fourth-order valence-corrected chi connectivity index (χ4v) is 3.49. The molecule has 0 saturated heterocycles. The quantitative estimate of drug-likeness (QED) is 0.897. The summed E-state index contributed by atoms with van der Waals surface area (Å²) < 4.78 is 0. The van der Waals surface area contributed by atoms with E-state index in [4.69, 9.17) is 5.73 Å². The Kier molecular flexibility index (Phi) is 4.76. The number of hydrogen-bond donors (Lipinski definition) is 2. The summed E-state index contributed by atoms with van der Waals surface area (Å²) in [5.74, 6) is 0.259. The van der Waals surface area contributed by atoms with Crippen LogP contribution in [0.15, 0.2) is 0 Å². The summed E-state index contributed by atoms with van der Waals surface area (Å²) in [5.41, 5.74) is 6.30. The highest BCUT2D eigenvalue weighted by Gasteiger charge is 2.28. The van der Waals surface area contributed by atoms with Gasteiger partial charge in [-0.15, -0.1) is 0 Å². The molecule has 21 heavy (non-hydrogen) atoms. The highest BCUT2D eigenvalue weighted by atomic mass is 32.1. The summed E-state index contributed by atoms with van der Waals surface area (Å²) >= 11 is 1.37. The molecule has 1 aliphatic rings. The lowest BCUT2D eigenvalue weighted by Crippen LogP contribution is -2.39. The van der Waals surface area contributed by atoms with Crippen molar-refractivity contribution < 1.29 is 4.79 Å². The van der Waals surface area contributed by atoms with Gasteiger partial charge in [0.2, 0.25) is 0 Å². The average Bonchev–Trinajstić information content (AvgIpc) is 2.82. The van der Waals surface area contributed by atoms with Gasteiger partial charge in [-0.3, -0.25) is 4.79 Å². The van der Waals surface area contributed by atoms with Gasteiger partial charge in [0.05, 0.1) is 0 Å². The van der Waals surface area contributed by atoms with Gasteiger partial charge in [-0.1, -0.05) is 25.2 Å². The van der Waals surface area contributed by atoms with Crippen molar-refractivity contribution in [3.63, 3.8) is 0 Å².